The van der Waals surface area contributed by atoms with Crippen LogP contribution < -0.4 is 0 Å². The molecule has 0 aromatic carbocycles. The molecule has 160 valence electrons. The molecule has 0 bridgehead atoms. The summed E-state index contributed by atoms with van der Waals surface area (Å²) in [4.78, 5) is 35.1. The first-order valence-corrected chi connectivity index (χ1v) is 14.1. The lowest BCUT2D eigenvalue weighted by Gasteiger charge is -2.37. The van der Waals surface area contributed by atoms with Crippen molar-refractivity contribution in [2.24, 2.45) is 5.92 Å². The molecule has 0 aromatic rings. The molecular formula is C18H37O7PSi. The molecule has 0 aromatic heterocycles. The molecule has 7 nitrogen and oxygen atoms in total. The summed E-state index contributed by atoms with van der Waals surface area (Å²) >= 11 is 0. The van der Waals surface area contributed by atoms with E-state index in [2.05, 4.69) is 0 Å². The molecule has 0 fully saturated rings. The molecule has 0 spiro atoms. The Hall–Kier alpha value is -0.533. The number of carbonyl (C=O) groups excluding carboxylic acids is 2. The van der Waals surface area contributed by atoms with Gasteiger partial charge in [-0.2, -0.15) is 0 Å². The van der Waals surface area contributed by atoms with Crippen molar-refractivity contribution in [1.29, 1.82) is 0 Å². The van der Waals surface area contributed by atoms with Gasteiger partial charge in [-0.25, -0.2) is 0 Å². The van der Waals surface area contributed by atoms with E-state index in [4.69, 9.17) is 13.8 Å². The second-order valence-electron chi connectivity index (χ2n) is 8.17. The van der Waals surface area contributed by atoms with E-state index in [1.54, 1.807) is 0 Å². The largest absolute Gasteiger partial charge is 0.466 e. The van der Waals surface area contributed by atoms with Gasteiger partial charge in [0, 0.05) is 27.1 Å². The zero-order chi connectivity index (χ0) is 21.3. The van der Waals surface area contributed by atoms with Crippen LogP contribution in [-0.2, 0) is 27.9 Å². The van der Waals surface area contributed by atoms with E-state index in [1.165, 1.54) is 14.2 Å². The Morgan fingerprint density at radius 1 is 1.15 bits per heavy atom. The van der Waals surface area contributed by atoms with Gasteiger partial charge in [-0.05, 0) is 36.9 Å². The summed E-state index contributed by atoms with van der Waals surface area (Å²) in [6.45, 7) is 9.96. The fraction of sp³-hybridized carbons (Fsp3) is 0.889. The zero-order valence-corrected chi connectivity index (χ0v) is 19.8. The summed E-state index contributed by atoms with van der Waals surface area (Å²) in [5.41, 5.74) is 0. The van der Waals surface area contributed by atoms with Gasteiger partial charge >= 0.3 is 13.6 Å². The number of ketones is 1. The minimum absolute atomic E-state index is 0.0630. The minimum atomic E-state index is -3.44. The molecule has 0 aliphatic carbocycles. The Morgan fingerprint density at radius 2 is 1.70 bits per heavy atom. The highest BCUT2D eigenvalue weighted by molar-refractivity contribution is 7.54. The smallest absolute Gasteiger partial charge is 0.337 e. The third-order valence-electron chi connectivity index (χ3n) is 5.11. The first-order chi connectivity index (χ1) is 12.3. The van der Waals surface area contributed by atoms with Gasteiger partial charge < -0.3 is 18.6 Å². The number of carbonyl (C=O) groups is 2. The second kappa shape index (κ2) is 11.5. The highest BCUT2D eigenvalue weighted by Crippen LogP contribution is 2.47. The quantitative estimate of drug-likeness (QED) is 0.193. The number of hydrogen-bond donors (Lipinski definition) is 1. The van der Waals surface area contributed by atoms with E-state index in [0.717, 1.165) is 12.8 Å². The van der Waals surface area contributed by atoms with E-state index in [9.17, 15) is 18.9 Å². The lowest BCUT2D eigenvalue weighted by atomic mass is 9.89. The van der Waals surface area contributed by atoms with Crippen LogP contribution in [0.5, 0.6) is 0 Å². The highest BCUT2D eigenvalue weighted by Gasteiger charge is 2.40. The van der Waals surface area contributed by atoms with E-state index in [-0.39, 0.29) is 36.7 Å². The van der Waals surface area contributed by atoms with Crippen LogP contribution in [0, 0.1) is 5.92 Å². The Labute approximate surface area is 164 Å². The number of ether oxygens (including phenoxy) is 1. The van der Waals surface area contributed by atoms with Crippen LogP contribution in [0.3, 0.4) is 0 Å². The molecule has 0 saturated carbocycles. The number of esters is 1. The number of Topliss-reactive ketones (excluding diaryl/α,β-unsaturated/α-hetero) is 1. The van der Waals surface area contributed by atoms with Crippen molar-refractivity contribution in [3.8, 4) is 0 Å². The van der Waals surface area contributed by atoms with Crippen LogP contribution >= 0.6 is 7.60 Å². The Kier molecular flexibility index (Phi) is 11.2. The lowest BCUT2D eigenvalue weighted by molar-refractivity contribution is -0.145. The van der Waals surface area contributed by atoms with Gasteiger partial charge in [0.2, 0.25) is 0 Å². The average Bonchev–Trinajstić information content (AvgIpc) is 2.53. The first kappa shape index (κ1) is 26.5. The van der Waals surface area contributed by atoms with Gasteiger partial charge in [0.05, 0.1) is 6.61 Å². The summed E-state index contributed by atoms with van der Waals surface area (Å²) in [5.74, 6) is -0.944. The monoisotopic (exact) mass is 424 g/mol. The topological polar surface area (TPSA) is 99.1 Å². The van der Waals surface area contributed by atoms with Crippen LogP contribution in [0.1, 0.15) is 52.9 Å². The van der Waals surface area contributed by atoms with Crippen LogP contribution in [-0.4, -0.2) is 51.9 Å². The molecule has 0 unspecified atom stereocenters. The van der Waals surface area contributed by atoms with Crippen LogP contribution in [0.25, 0.3) is 0 Å². The molecule has 27 heavy (non-hydrogen) atoms. The number of hydrogen-bond acceptors (Lipinski definition) is 7. The molecule has 0 aliphatic heterocycles. The molecule has 0 aliphatic rings. The Bertz CT molecular complexity index is 520. The lowest BCUT2D eigenvalue weighted by Crippen LogP contribution is -2.40. The molecule has 0 saturated heterocycles. The second-order valence-corrected chi connectivity index (χ2v) is 14.9. The van der Waals surface area contributed by atoms with Gasteiger partial charge in [0.15, 0.2) is 8.32 Å². The summed E-state index contributed by atoms with van der Waals surface area (Å²) in [5, 5.41) is -0.395. The van der Waals surface area contributed by atoms with Gasteiger partial charge in [-0.1, -0.05) is 27.2 Å². The van der Waals surface area contributed by atoms with Crippen molar-refractivity contribution in [1.82, 2.24) is 0 Å². The molecule has 0 amide bonds. The van der Waals surface area contributed by atoms with Gasteiger partial charge in [-0.3, -0.25) is 14.2 Å². The van der Waals surface area contributed by atoms with Crippen molar-refractivity contribution < 1.29 is 32.7 Å². The normalized spacial score (nSPS) is 14.1. The molecule has 0 heterocycles. The Balaban J connectivity index is 5.15. The molecule has 0 rings (SSSR count). The SMILES string of the molecule is CCCCOC(=O)C[C@@H](CC(=O)CP(=O)(OC)OC)CC(C)(C)[Si](C)(C)O. The average molecular weight is 425 g/mol. The van der Waals surface area contributed by atoms with Gasteiger partial charge in [-0.15, -0.1) is 0 Å². The number of rotatable bonds is 14. The maximum atomic E-state index is 12.4. The predicted octanol–water partition coefficient (Wildman–Crippen LogP) is 4.15. The molecule has 1 atom stereocenters. The maximum Gasteiger partial charge on any atom is 0.337 e. The molecular weight excluding hydrogens is 387 g/mol. The fourth-order valence-electron chi connectivity index (χ4n) is 2.62. The first-order valence-electron chi connectivity index (χ1n) is 9.40. The van der Waals surface area contributed by atoms with Crippen molar-refractivity contribution in [3.05, 3.63) is 0 Å². The Morgan fingerprint density at radius 3 is 2.15 bits per heavy atom. The van der Waals surface area contributed by atoms with Crippen LogP contribution in [0.2, 0.25) is 18.1 Å². The van der Waals surface area contributed by atoms with Gasteiger partial charge in [0.25, 0.3) is 0 Å². The fourth-order valence-corrected chi connectivity index (χ4v) is 4.38. The van der Waals surface area contributed by atoms with Crippen LogP contribution in [0.15, 0.2) is 0 Å². The maximum absolute atomic E-state index is 12.4. The summed E-state index contributed by atoms with van der Waals surface area (Å²) < 4.78 is 27.1. The summed E-state index contributed by atoms with van der Waals surface area (Å²) in [6.07, 6.45) is 2.04. The minimum Gasteiger partial charge on any atom is -0.466 e. The van der Waals surface area contributed by atoms with Crippen molar-refractivity contribution >= 4 is 27.7 Å². The van der Waals surface area contributed by atoms with E-state index in [0.29, 0.717) is 13.0 Å². The zero-order valence-electron chi connectivity index (χ0n) is 17.9. The standard InChI is InChI=1S/C18H37O7PSi/c1-8-9-10-25-17(20)12-15(13-18(2,3)27(6,7)22)11-16(19)14-26(21,23-4)24-5/h15,22H,8-14H2,1-7H3/t15-/m1/s1. The highest BCUT2D eigenvalue weighted by atomic mass is 31.2. The van der Waals surface area contributed by atoms with Crippen molar-refractivity contribution in [2.75, 3.05) is 27.0 Å². The van der Waals surface area contributed by atoms with Crippen molar-refractivity contribution in [3.63, 3.8) is 0 Å². The van der Waals surface area contributed by atoms with Crippen molar-refractivity contribution in [2.45, 2.75) is 71.0 Å². The summed E-state index contributed by atoms with van der Waals surface area (Å²) in [6, 6.07) is 0. The molecule has 1 N–H and O–H groups in total. The van der Waals surface area contributed by atoms with E-state index in [1.807, 2.05) is 33.9 Å². The molecule has 9 heteroatoms. The van der Waals surface area contributed by atoms with E-state index >= 15 is 0 Å². The predicted molar refractivity (Wildman–Crippen MR) is 108 cm³/mol. The third-order valence-corrected chi connectivity index (χ3v) is 10.5. The third kappa shape index (κ3) is 9.99. The molecule has 0 radical (unpaired) electrons. The van der Waals surface area contributed by atoms with Gasteiger partial charge in [0.1, 0.15) is 11.9 Å². The summed E-state index contributed by atoms with van der Waals surface area (Å²) in [7, 11) is -3.47. The number of unbranched alkanes of at least 4 members (excludes halogenated alkanes) is 1. The van der Waals surface area contributed by atoms with Crippen LogP contribution in [0.4, 0.5) is 0 Å². The van der Waals surface area contributed by atoms with E-state index < -0.39 is 21.0 Å².